The van der Waals surface area contributed by atoms with Crippen LogP contribution in [-0.4, -0.2) is 21.2 Å². The van der Waals surface area contributed by atoms with Crippen molar-refractivity contribution in [2.45, 2.75) is 17.7 Å². The zero-order valence-electron chi connectivity index (χ0n) is 4.81. The van der Waals surface area contributed by atoms with Crippen LogP contribution in [0.5, 0.6) is 0 Å². The van der Waals surface area contributed by atoms with Crippen molar-refractivity contribution < 1.29 is 9.90 Å². The maximum Gasteiger partial charge on any atom is 0.317 e. The molecule has 0 heterocycles. The number of hydrogen-bond donors (Lipinski definition) is 1. The summed E-state index contributed by atoms with van der Waals surface area (Å²) < 4.78 is 0. The van der Waals surface area contributed by atoms with E-state index in [2.05, 4.69) is 31.9 Å². The van der Waals surface area contributed by atoms with E-state index in [-0.39, 0.29) is 4.83 Å². The molecule has 0 rings (SSSR count). The third kappa shape index (κ3) is 4.90. The second-order valence-corrected chi connectivity index (χ2v) is 3.54. The van der Waals surface area contributed by atoms with E-state index in [4.69, 9.17) is 5.11 Å². The van der Waals surface area contributed by atoms with Crippen LogP contribution in [0.2, 0.25) is 0 Å². The van der Waals surface area contributed by atoms with Crippen molar-refractivity contribution in [1.29, 1.82) is 0 Å². The Labute approximate surface area is 70.9 Å². The Hall–Kier alpha value is 0.430. The van der Waals surface area contributed by atoms with Crippen LogP contribution in [0.1, 0.15) is 12.8 Å². The van der Waals surface area contributed by atoms with Gasteiger partial charge in [-0.25, -0.2) is 0 Å². The number of halogens is 2. The summed E-state index contributed by atoms with van der Waals surface area (Å²) in [6.45, 7) is 0. The minimum absolute atomic E-state index is 0.380. The van der Waals surface area contributed by atoms with E-state index in [0.717, 1.165) is 11.8 Å². The Morgan fingerprint density at radius 1 is 1.67 bits per heavy atom. The highest BCUT2D eigenvalue weighted by Gasteiger charge is 2.10. The highest BCUT2D eigenvalue weighted by Crippen LogP contribution is 2.08. The molecule has 0 saturated heterocycles. The summed E-state index contributed by atoms with van der Waals surface area (Å²) in [4.78, 5) is 9.76. The van der Waals surface area contributed by atoms with Crippen LogP contribution in [0, 0.1) is 0 Å². The third-order valence-electron chi connectivity index (χ3n) is 0.859. The molecule has 0 amide bonds. The van der Waals surface area contributed by atoms with Crippen LogP contribution in [0.3, 0.4) is 0 Å². The van der Waals surface area contributed by atoms with E-state index in [0.29, 0.717) is 6.42 Å². The van der Waals surface area contributed by atoms with E-state index >= 15 is 0 Å². The van der Waals surface area contributed by atoms with Crippen molar-refractivity contribution in [2.75, 3.05) is 5.33 Å². The van der Waals surface area contributed by atoms with Crippen molar-refractivity contribution in [1.82, 2.24) is 0 Å². The van der Waals surface area contributed by atoms with Gasteiger partial charge in [0, 0.05) is 5.33 Å². The van der Waals surface area contributed by atoms with Crippen LogP contribution in [-0.2, 0) is 4.79 Å². The van der Waals surface area contributed by atoms with Crippen LogP contribution in [0.25, 0.3) is 0 Å². The molecule has 0 aromatic heterocycles. The number of carboxylic acids is 1. The van der Waals surface area contributed by atoms with E-state index < -0.39 is 5.97 Å². The second-order valence-electron chi connectivity index (χ2n) is 1.64. The average molecular weight is 260 g/mol. The highest BCUT2D eigenvalue weighted by molar-refractivity contribution is 9.10. The molecule has 0 spiro atoms. The molecule has 4 heteroatoms. The van der Waals surface area contributed by atoms with Gasteiger partial charge in [-0.05, 0) is 12.8 Å². The number of hydrogen-bond acceptors (Lipinski definition) is 1. The maximum atomic E-state index is 10.1. The van der Waals surface area contributed by atoms with Gasteiger partial charge in [-0.15, -0.1) is 0 Å². The summed E-state index contributed by atoms with van der Waals surface area (Å²) in [7, 11) is 0. The summed E-state index contributed by atoms with van der Waals surface area (Å²) in [5.41, 5.74) is 0. The fourth-order valence-electron chi connectivity index (χ4n) is 0.380. The molecule has 0 aliphatic heterocycles. The molecular weight excluding hydrogens is 252 g/mol. The third-order valence-corrected chi connectivity index (χ3v) is 2.27. The quantitative estimate of drug-likeness (QED) is 0.785. The summed E-state index contributed by atoms with van der Waals surface area (Å²) in [6.07, 6.45) is 1.57. The Balaban J connectivity index is 3.27. The summed E-state index contributed by atoms with van der Waals surface area (Å²) in [6, 6.07) is 0. The molecule has 0 fully saturated rings. The van der Waals surface area contributed by atoms with Gasteiger partial charge in [0.15, 0.2) is 0 Å². The Bertz CT molecular complexity index is 95.0. The van der Waals surface area contributed by atoms with E-state index in [1.165, 1.54) is 0 Å². The predicted octanol–water partition coefficient (Wildman–Crippen LogP) is 2.01. The van der Waals surface area contributed by atoms with Gasteiger partial charge in [0.2, 0.25) is 0 Å². The lowest BCUT2D eigenvalue weighted by Crippen LogP contribution is -2.12. The molecule has 1 atom stereocenters. The SMILES string of the molecule is O=C(O)[C@H](Br)CCCBr. The Morgan fingerprint density at radius 3 is 2.56 bits per heavy atom. The Kier molecular flexibility index (Phi) is 5.48. The molecule has 0 bridgehead atoms. The van der Waals surface area contributed by atoms with Crippen molar-refractivity contribution in [2.24, 2.45) is 0 Å². The number of carbonyl (C=O) groups is 1. The fraction of sp³-hybridized carbons (Fsp3) is 0.800. The summed E-state index contributed by atoms with van der Waals surface area (Å²) >= 11 is 6.24. The molecule has 0 unspecified atom stereocenters. The average Bonchev–Trinajstić information content (AvgIpc) is 1.82. The first kappa shape index (κ1) is 9.43. The molecule has 2 nitrogen and oxygen atoms in total. The van der Waals surface area contributed by atoms with E-state index in [1.807, 2.05) is 0 Å². The van der Waals surface area contributed by atoms with Gasteiger partial charge in [0.25, 0.3) is 0 Å². The van der Waals surface area contributed by atoms with Gasteiger partial charge in [0.05, 0.1) is 0 Å². The van der Waals surface area contributed by atoms with E-state index in [1.54, 1.807) is 0 Å². The minimum atomic E-state index is -0.782. The van der Waals surface area contributed by atoms with Crippen molar-refractivity contribution in [3.05, 3.63) is 0 Å². The number of rotatable bonds is 4. The van der Waals surface area contributed by atoms with Gasteiger partial charge < -0.3 is 5.11 Å². The standard InChI is InChI=1S/C5H8Br2O2/c6-3-1-2-4(7)5(8)9/h4H,1-3H2,(H,8,9)/t4-/m1/s1. The first-order valence-electron chi connectivity index (χ1n) is 2.61. The van der Waals surface area contributed by atoms with Crippen LogP contribution in [0.4, 0.5) is 0 Å². The molecule has 9 heavy (non-hydrogen) atoms. The normalized spacial score (nSPS) is 13.1. The highest BCUT2D eigenvalue weighted by atomic mass is 79.9. The molecule has 0 saturated carbocycles. The van der Waals surface area contributed by atoms with Gasteiger partial charge in [-0.1, -0.05) is 31.9 Å². The smallest absolute Gasteiger partial charge is 0.317 e. The topological polar surface area (TPSA) is 37.3 Å². The van der Waals surface area contributed by atoms with E-state index in [9.17, 15) is 4.79 Å². The zero-order valence-corrected chi connectivity index (χ0v) is 7.98. The molecule has 0 radical (unpaired) electrons. The Morgan fingerprint density at radius 2 is 2.22 bits per heavy atom. The van der Waals surface area contributed by atoms with Gasteiger partial charge in [-0.3, -0.25) is 4.79 Å². The molecule has 0 aliphatic carbocycles. The van der Waals surface area contributed by atoms with Gasteiger partial charge >= 0.3 is 5.97 Å². The fourth-order valence-corrected chi connectivity index (χ4v) is 1.03. The molecule has 1 N–H and O–H groups in total. The lowest BCUT2D eigenvalue weighted by Gasteiger charge is -1.99. The van der Waals surface area contributed by atoms with Gasteiger partial charge in [0.1, 0.15) is 4.83 Å². The molecule has 0 aromatic carbocycles. The molecule has 54 valence electrons. The molecule has 0 aliphatic rings. The van der Waals surface area contributed by atoms with Crippen molar-refractivity contribution >= 4 is 37.8 Å². The largest absolute Gasteiger partial charge is 0.480 e. The summed E-state index contributed by atoms with van der Waals surface area (Å²) in [5, 5.41) is 9.21. The van der Waals surface area contributed by atoms with Crippen LogP contribution in [0.15, 0.2) is 0 Å². The summed E-state index contributed by atoms with van der Waals surface area (Å²) in [5.74, 6) is -0.782. The monoisotopic (exact) mass is 258 g/mol. The second kappa shape index (κ2) is 5.23. The number of aliphatic carboxylic acids is 1. The van der Waals surface area contributed by atoms with Crippen molar-refractivity contribution in [3.63, 3.8) is 0 Å². The lowest BCUT2D eigenvalue weighted by atomic mass is 10.2. The molecular formula is C5H8Br2O2. The minimum Gasteiger partial charge on any atom is -0.480 e. The lowest BCUT2D eigenvalue weighted by molar-refractivity contribution is -0.136. The zero-order chi connectivity index (χ0) is 7.28. The molecule has 0 aromatic rings. The van der Waals surface area contributed by atoms with Crippen molar-refractivity contribution in [3.8, 4) is 0 Å². The first-order valence-corrected chi connectivity index (χ1v) is 4.65. The van der Waals surface area contributed by atoms with Crippen LogP contribution < -0.4 is 0 Å². The predicted molar refractivity (Wildman–Crippen MR) is 43.4 cm³/mol. The number of alkyl halides is 2. The first-order chi connectivity index (χ1) is 4.18. The van der Waals surface area contributed by atoms with Crippen LogP contribution >= 0.6 is 31.9 Å². The number of carboxylic acid groups (broad SMARTS) is 1. The maximum absolute atomic E-state index is 10.1. The van der Waals surface area contributed by atoms with Gasteiger partial charge in [-0.2, -0.15) is 0 Å².